The van der Waals surface area contributed by atoms with Crippen molar-refractivity contribution >= 4 is 5.91 Å². The molecule has 144 valence electrons. The Bertz CT molecular complexity index is 759. The van der Waals surface area contributed by atoms with Crippen LogP contribution in [-0.4, -0.2) is 51.7 Å². The Morgan fingerprint density at radius 3 is 2.93 bits per heavy atom. The molecule has 2 N–H and O–H groups in total. The molecule has 2 fully saturated rings. The zero-order valence-electron chi connectivity index (χ0n) is 15.7. The molecule has 1 amide bonds. The first kappa shape index (κ1) is 18.2. The van der Waals surface area contributed by atoms with Gasteiger partial charge in [-0.2, -0.15) is 0 Å². The molecule has 6 nitrogen and oxygen atoms in total. The summed E-state index contributed by atoms with van der Waals surface area (Å²) >= 11 is 0. The highest BCUT2D eigenvalue weighted by Gasteiger charge is 2.38. The SMILES string of the molecule is N[C@@H](Cc1cn(Cc2ccccc2)cn1)C(=O)N1CCOC2CCCCC21. The van der Waals surface area contributed by atoms with Crippen LogP contribution in [0.3, 0.4) is 0 Å². The van der Waals surface area contributed by atoms with Gasteiger partial charge >= 0.3 is 0 Å². The van der Waals surface area contributed by atoms with Crippen molar-refractivity contribution in [2.45, 2.75) is 56.8 Å². The molecule has 2 unspecified atom stereocenters. The Morgan fingerprint density at radius 1 is 1.26 bits per heavy atom. The predicted molar refractivity (Wildman–Crippen MR) is 103 cm³/mol. The Labute approximate surface area is 160 Å². The summed E-state index contributed by atoms with van der Waals surface area (Å²) in [5.74, 6) is 0.0350. The summed E-state index contributed by atoms with van der Waals surface area (Å²) in [5.41, 5.74) is 8.36. The number of hydrogen-bond donors (Lipinski definition) is 1. The number of ether oxygens (including phenoxy) is 1. The molecule has 2 aromatic rings. The topological polar surface area (TPSA) is 73.4 Å². The van der Waals surface area contributed by atoms with Crippen molar-refractivity contribution in [1.29, 1.82) is 0 Å². The zero-order valence-corrected chi connectivity index (χ0v) is 15.7. The van der Waals surface area contributed by atoms with E-state index in [0.29, 0.717) is 19.6 Å². The molecular formula is C21H28N4O2. The third-order valence-corrected chi connectivity index (χ3v) is 5.66. The zero-order chi connectivity index (χ0) is 18.6. The van der Waals surface area contributed by atoms with Crippen molar-refractivity contribution in [2.24, 2.45) is 5.73 Å². The molecule has 1 aromatic carbocycles. The van der Waals surface area contributed by atoms with Crippen LogP contribution in [0.5, 0.6) is 0 Å². The molecule has 1 saturated carbocycles. The van der Waals surface area contributed by atoms with Gasteiger partial charge in [-0.1, -0.05) is 43.2 Å². The van der Waals surface area contributed by atoms with E-state index >= 15 is 0 Å². The van der Waals surface area contributed by atoms with Crippen LogP contribution in [0.1, 0.15) is 36.9 Å². The van der Waals surface area contributed by atoms with E-state index in [1.807, 2.05) is 40.2 Å². The van der Waals surface area contributed by atoms with E-state index in [2.05, 4.69) is 17.1 Å². The van der Waals surface area contributed by atoms with Crippen molar-refractivity contribution in [2.75, 3.05) is 13.2 Å². The second kappa shape index (κ2) is 8.23. The second-order valence-electron chi connectivity index (χ2n) is 7.63. The van der Waals surface area contributed by atoms with Crippen LogP contribution in [0.15, 0.2) is 42.9 Å². The lowest BCUT2D eigenvalue weighted by Gasteiger charge is -2.44. The number of amides is 1. The van der Waals surface area contributed by atoms with Gasteiger partial charge in [0.2, 0.25) is 5.91 Å². The van der Waals surface area contributed by atoms with E-state index < -0.39 is 6.04 Å². The summed E-state index contributed by atoms with van der Waals surface area (Å²) in [6, 6.07) is 9.90. The van der Waals surface area contributed by atoms with Crippen molar-refractivity contribution in [1.82, 2.24) is 14.5 Å². The fourth-order valence-corrected chi connectivity index (χ4v) is 4.29. The smallest absolute Gasteiger partial charge is 0.240 e. The van der Waals surface area contributed by atoms with Crippen molar-refractivity contribution in [3.8, 4) is 0 Å². The number of fused-ring (bicyclic) bond motifs is 1. The first-order valence-corrected chi connectivity index (χ1v) is 9.93. The van der Waals surface area contributed by atoms with Gasteiger partial charge in [-0.25, -0.2) is 4.98 Å². The summed E-state index contributed by atoms with van der Waals surface area (Å²) in [4.78, 5) is 19.4. The number of benzene rings is 1. The Morgan fingerprint density at radius 2 is 2.07 bits per heavy atom. The number of morpholine rings is 1. The summed E-state index contributed by atoms with van der Waals surface area (Å²) in [5, 5.41) is 0. The van der Waals surface area contributed by atoms with Crippen LogP contribution < -0.4 is 5.73 Å². The van der Waals surface area contributed by atoms with E-state index in [9.17, 15) is 4.79 Å². The standard InChI is InChI=1S/C21H28N4O2/c22-18(21(26)25-10-11-27-20-9-5-4-8-19(20)25)12-17-14-24(15-23-17)13-16-6-2-1-3-7-16/h1-3,6-7,14-15,18-20H,4-5,8-13,22H2/t18-,19?,20?/m0/s1. The minimum absolute atomic E-state index is 0.0350. The normalized spacial score (nSPS) is 23.7. The monoisotopic (exact) mass is 368 g/mol. The van der Waals surface area contributed by atoms with E-state index in [1.165, 1.54) is 12.0 Å². The maximum absolute atomic E-state index is 13.0. The van der Waals surface area contributed by atoms with Gasteiger partial charge in [0.25, 0.3) is 0 Å². The summed E-state index contributed by atoms with van der Waals surface area (Å²) < 4.78 is 7.91. The van der Waals surface area contributed by atoms with Gasteiger partial charge in [-0.15, -0.1) is 0 Å². The minimum atomic E-state index is -0.550. The highest BCUT2D eigenvalue weighted by molar-refractivity contribution is 5.82. The number of rotatable bonds is 5. The Balaban J connectivity index is 1.37. The maximum Gasteiger partial charge on any atom is 0.240 e. The third kappa shape index (κ3) is 4.22. The number of carbonyl (C=O) groups is 1. The first-order chi connectivity index (χ1) is 13.2. The molecular weight excluding hydrogens is 340 g/mol. The van der Waals surface area contributed by atoms with Gasteiger partial charge in [0.05, 0.1) is 36.8 Å². The van der Waals surface area contributed by atoms with Crippen LogP contribution in [-0.2, 0) is 22.5 Å². The number of nitrogens with two attached hydrogens (primary N) is 1. The molecule has 1 aromatic heterocycles. The molecule has 2 heterocycles. The molecule has 4 rings (SSSR count). The van der Waals surface area contributed by atoms with Crippen LogP contribution >= 0.6 is 0 Å². The van der Waals surface area contributed by atoms with Gasteiger partial charge < -0.3 is 19.9 Å². The average Bonchev–Trinajstić information content (AvgIpc) is 3.14. The van der Waals surface area contributed by atoms with Gasteiger partial charge in [-0.05, 0) is 18.4 Å². The quantitative estimate of drug-likeness (QED) is 0.876. The number of hydrogen-bond acceptors (Lipinski definition) is 4. The Hall–Kier alpha value is -2.18. The van der Waals surface area contributed by atoms with Crippen LogP contribution in [0.2, 0.25) is 0 Å². The summed E-state index contributed by atoms with van der Waals surface area (Å²) in [6.45, 7) is 2.03. The van der Waals surface area contributed by atoms with Gasteiger partial charge in [-0.3, -0.25) is 4.79 Å². The molecule has 6 heteroatoms. The number of nitrogens with zero attached hydrogens (tertiary/aromatic N) is 3. The lowest BCUT2D eigenvalue weighted by Crippen LogP contribution is -2.58. The van der Waals surface area contributed by atoms with Crippen LogP contribution in [0, 0.1) is 0 Å². The Kier molecular flexibility index (Phi) is 5.55. The predicted octanol–water partition coefficient (Wildman–Crippen LogP) is 1.97. The van der Waals surface area contributed by atoms with Gasteiger partial charge in [0, 0.05) is 25.7 Å². The molecule has 1 saturated heterocycles. The van der Waals surface area contributed by atoms with E-state index in [-0.39, 0.29) is 18.1 Å². The highest BCUT2D eigenvalue weighted by atomic mass is 16.5. The fraction of sp³-hybridized carbons (Fsp3) is 0.524. The van der Waals surface area contributed by atoms with Crippen molar-refractivity contribution in [3.05, 3.63) is 54.1 Å². The largest absolute Gasteiger partial charge is 0.374 e. The minimum Gasteiger partial charge on any atom is -0.374 e. The molecule has 0 radical (unpaired) electrons. The molecule has 0 bridgehead atoms. The molecule has 1 aliphatic heterocycles. The summed E-state index contributed by atoms with van der Waals surface area (Å²) in [6.07, 6.45) is 8.88. The lowest BCUT2D eigenvalue weighted by atomic mass is 9.89. The van der Waals surface area contributed by atoms with Crippen molar-refractivity contribution in [3.63, 3.8) is 0 Å². The second-order valence-corrected chi connectivity index (χ2v) is 7.63. The van der Waals surface area contributed by atoms with E-state index in [1.54, 1.807) is 0 Å². The van der Waals surface area contributed by atoms with Gasteiger partial charge in [0.1, 0.15) is 0 Å². The summed E-state index contributed by atoms with van der Waals surface area (Å²) in [7, 11) is 0. The molecule has 27 heavy (non-hydrogen) atoms. The van der Waals surface area contributed by atoms with Crippen LogP contribution in [0.25, 0.3) is 0 Å². The molecule has 2 aliphatic rings. The van der Waals surface area contributed by atoms with Gasteiger partial charge in [0.15, 0.2) is 0 Å². The molecule has 1 aliphatic carbocycles. The van der Waals surface area contributed by atoms with E-state index in [4.69, 9.17) is 10.5 Å². The number of carbonyl (C=O) groups excluding carboxylic acids is 1. The number of imidazole rings is 1. The van der Waals surface area contributed by atoms with Crippen molar-refractivity contribution < 1.29 is 9.53 Å². The average molecular weight is 368 g/mol. The third-order valence-electron chi connectivity index (χ3n) is 5.66. The molecule has 0 spiro atoms. The van der Waals surface area contributed by atoms with Crippen LogP contribution in [0.4, 0.5) is 0 Å². The van der Waals surface area contributed by atoms with E-state index in [0.717, 1.165) is 31.5 Å². The maximum atomic E-state index is 13.0. The highest BCUT2D eigenvalue weighted by Crippen LogP contribution is 2.28. The molecule has 3 atom stereocenters. The first-order valence-electron chi connectivity index (χ1n) is 9.93. The fourth-order valence-electron chi connectivity index (χ4n) is 4.29. The number of aromatic nitrogens is 2. The lowest BCUT2D eigenvalue weighted by molar-refractivity contribution is -0.150.